The van der Waals surface area contributed by atoms with Gasteiger partial charge in [-0.05, 0) is 67.3 Å². The van der Waals surface area contributed by atoms with E-state index < -0.39 is 0 Å². The molecule has 0 aromatic heterocycles. The number of nitrogens with one attached hydrogen (secondary N) is 1. The van der Waals surface area contributed by atoms with Crippen LogP contribution in [-0.4, -0.2) is 6.54 Å². The fraction of sp³-hybridized carbons (Fsp3) is 0.333. The molecule has 2 aromatic rings. The predicted octanol–water partition coefficient (Wildman–Crippen LogP) is 5.18. The van der Waals surface area contributed by atoms with Crippen molar-refractivity contribution in [2.75, 3.05) is 6.54 Å². The van der Waals surface area contributed by atoms with E-state index in [9.17, 15) is 4.39 Å². The van der Waals surface area contributed by atoms with Crippen LogP contribution in [0.15, 0.2) is 36.4 Å². The summed E-state index contributed by atoms with van der Waals surface area (Å²) in [4.78, 5) is 0. The third-order valence-corrected chi connectivity index (χ3v) is 4.05. The summed E-state index contributed by atoms with van der Waals surface area (Å²) < 4.78 is 13.2. The lowest BCUT2D eigenvalue weighted by molar-refractivity contribution is 0.593. The van der Waals surface area contributed by atoms with E-state index in [0.717, 1.165) is 29.1 Å². The summed E-state index contributed by atoms with van der Waals surface area (Å²) in [6.07, 6.45) is 1.03. The van der Waals surface area contributed by atoms with E-state index in [-0.39, 0.29) is 11.9 Å². The Labute approximate surface area is 131 Å². The molecule has 0 saturated carbocycles. The van der Waals surface area contributed by atoms with Crippen molar-refractivity contribution >= 4 is 11.6 Å². The van der Waals surface area contributed by atoms with E-state index in [2.05, 4.69) is 32.2 Å². The van der Waals surface area contributed by atoms with E-state index in [4.69, 9.17) is 11.6 Å². The van der Waals surface area contributed by atoms with Gasteiger partial charge in [-0.2, -0.15) is 0 Å². The normalized spacial score (nSPS) is 12.4. The van der Waals surface area contributed by atoms with Crippen LogP contribution in [0.25, 0.3) is 0 Å². The number of halogens is 2. The van der Waals surface area contributed by atoms with Crippen LogP contribution < -0.4 is 5.32 Å². The van der Waals surface area contributed by atoms with E-state index in [1.165, 1.54) is 23.3 Å². The Morgan fingerprint density at radius 3 is 2.33 bits per heavy atom. The highest BCUT2D eigenvalue weighted by molar-refractivity contribution is 6.31. The van der Waals surface area contributed by atoms with Gasteiger partial charge < -0.3 is 5.32 Å². The first kappa shape index (κ1) is 16.0. The second-order valence-electron chi connectivity index (χ2n) is 5.40. The van der Waals surface area contributed by atoms with Gasteiger partial charge in [0.15, 0.2) is 0 Å². The number of hydrogen-bond acceptors (Lipinski definition) is 1. The minimum atomic E-state index is -0.223. The maximum atomic E-state index is 13.2. The molecule has 0 radical (unpaired) electrons. The Balaban J connectivity index is 2.45. The van der Waals surface area contributed by atoms with Gasteiger partial charge in [0.1, 0.15) is 5.82 Å². The van der Waals surface area contributed by atoms with Crippen molar-refractivity contribution in [1.82, 2.24) is 5.32 Å². The molecule has 0 aliphatic carbocycles. The number of hydrogen-bond donors (Lipinski definition) is 1. The molecule has 3 heteroatoms. The van der Waals surface area contributed by atoms with Crippen molar-refractivity contribution < 1.29 is 4.39 Å². The third kappa shape index (κ3) is 3.84. The smallest absolute Gasteiger partial charge is 0.123 e. The van der Waals surface area contributed by atoms with Crippen LogP contribution in [0.1, 0.15) is 41.6 Å². The van der Waals surface area contributed by atoms with Crippen molar-refractivity contribution in [2.45, 2.75) is 33.2 Å². The molecular weight excluding hydrogens is 285 g/mol. The highest BCUT2D eigenvalue weighted by Crippen LogP contribution is 2.31. The molecule has 0 aliphatic rings. The average molecular weight is 306 g/mol. The van der Waals surface area contributed by atoms with Crippen molar-refractivity contribution in [3.63, 3.8) is 0 Å². The van der Waals surface area contributed by atoms with Gasteiger partial charge in [-0.1, -0.05) is 36.7 Å². The molecule has 2 aromatic carbocycles. The molecule has 2 rings (SSSR count). The molecule has 0 heterocycles. The Hall–Kier alpha value is -1.38. The van der Waals surface area contributed by atoms with Crippen LogP contribution in [0.2, 0.25) is 5.02 Å². The first-order valence-electron chi connectivity index (χ1n) is 7.28. The summed E-state index contributed by atoms with van der Waals surface area (Å²) in [6, 6.07) is 10.7. The number of benzene rings is 2. The lowest BCUT2D eigenvalue weighted by Gasteiger charge is -2.22. The summed E-state index contributed by atoms with van der Waals surface area (Å²) >= 11 is 6.44. The van der Waals surface area contributed by atoms with Crippen molar-refractivity contribution in [2.24, 2.45) is 0 Å². The standard InChI is InChI=1S/C18H21ClFN/c1-4-9-21-18(14-5-7-15(20)8-6-14)16-10-12(2)13(3)11-17(16)19/h5-8,10-11,18,21H,4,9H2,1-3H3. The fourth-order valence-electron chi connectivity index (χ4n) is 2.38. The molecule has 0 fully saturated rings. The summed E-state index contributed by atoms with van der Waals surface area (Å²) in [5, 5.41) is 4.25. The molecule has 1 N–H and O–H groups in total. The van der Waals surface area contributed by atoms with Crippen molar-refractivity contribution in [3.05, 3.63) is 69.5 Å². The first-order chi connectivity index (χ1) is 10.0. The molecule has 0 spiro atoms. The molecule has 1 atom stereocenters. The minimum absolute atomic E-state index is 0.0163. The van der Waals surface area contributed by atoms with Gasteiger partial charge in [0.25, 0.3) is 0 Å². The third-order valence-electron chi connectivity index (χ3n) is 3.73. The summed E-state index contributed by atoms with van der Waals surface area (Å²) in [5.74, 6) is -0.223. The Morgan fingerprint density at radius 2 is 1.71 bits per heavy atom. The van der Waals surface area contributed by atoms with E-state index in [1.807, 2.05) is 18.2 Å². The largest absolute Gasteiger partial charge is 0.306 e. The number of aryl methyl sites for hydroxylation is 2. The van der Waals surface area contributed by atoms with Crippen molar-refractivity contribution in [1.29, 1.82) is 0 Å². The number of rotatable bonds is 5. The SMILES string of the molecule is CCCNC(c1ccc(F)cc1)c1cc(C)c(C)cc1Cl. The topological polar surface area (TPSA) is 12.0 Å². The molecule has 0 aliphatic heterocycles. The lowest BCUT2D eigenvalue weighted by Crippen LogP contribution is -2.23. The van der Waals surface area contributed by atoms with Crippen LogP contribution in [0.3, 0.4) is 0 Å². The maximum Gasteiger partial charge on any atom is 0.123 e. The van der Waals surface area contributed by atoms with Gasteiger partial charge in [0, 0.05) is 5.02 Å². The fourth-order valence-corrected chi connectivity index (χ4v) is 2.70. The van der Waals surface area contributed by atoms with Gasteiger partial charge in [-0.25, -0.2) is 4.39 Å². The van der Waals surface area contributed by atoms with Gasteiger partial charge in [-0.15, -0.1) is 0 Å². The molecular formula is C18H21ClFN. The van der Waals surface area contributed by atoms with Crippen LogP contribution >= 0.6 is 11.6 Å². The van der Waals surface area contributed by atoms with Crippen LogP contribution in [0, 0.1) is 19.7 Å². The summed E-state index contributed by atoms with van der Waals surface area (Å²) in [7, 11) is 0. The summed E-state index contributed by atoms with van der Waals surface area (Å²) in [5.41, 5.74) is 4.45. The van der Waals surface area contributed by atoms with Gasteiger partial charge >= 0.3 is 0 Å². The lowest BCUT2D eigenvalue weighted by atomic mass is 9.95. The Morgan fingerprint density at radius 1 is 1.10 bits per heavy atom. The Bertz CT molecular complexity index is 607. The van der Waals surface area contributed by atoms with E-state index in [0.29, 0.717) is 0 Å². The molecule has 0 amide bonds. The second-order valence-corrected chi connectivity index (χ2v) is 5.80. The molecule has 1 nitrogen and oxygen atoms in total. The monoisotopic (exact) mass is 305 g/mol. The minimum Gasteiger partial charge on any atom is -0.306 e. The van der Waals surface area contributed by atoms with Crippen molar-refractivity contribution in [3.8, 4) is 0 Å². The molecule has 21 heavy (non-hydrogen) atoms. The molecule has 1 unspecified atom stereocenters. The van der Waals surface area contributed by atoms with Gasteiger partial charge in [0.2, 0.25) is 0 Å². The van der Waals surface area contributed by atoms with Gasteiger partial charge in [-0.3, -0.25) is 0 Å². The maximum absolute atomic E-state index is 13.2. The Kier molecular flexibility index (Phi) is 5.38. The zero-order chi connectivity index (χ0) is 15.4. The van der Waals surface area contributed by atoms with Crippen LogP contribution in [0.5, 0.6) is 0 Å². The van der Waals surface area contributed by atoms with E-state index >= 15 is 0 Å². The predicted molar refractivity (Wildman–Crippen MR) is 87.5 cm³/mol. The van der Waals surface area contributed by atoms with Crippen LogP contribution in [-0.2, 0) is 0 Å². The highest BCUT2D eigenvalue weighted by atomic mass is 35.5. The van der Waals surface area contributed by atoms with E-state index in [1.54, 1.807) is 0 Å². The summed E-state index contributed by atoms with van der Waals surface area (Å²) in [6.45, 7) is 7.14. The average Bonchev–Trinajstić information content (AvgIpc) is 2.46. The molecule has 112 valence electrons. The molecule has 0 bridgehead atoms. The van der Waals surface area contributed by atoms with Crippen LogP contribution in [0.4, 0.5) is 4.39 Å². The zero-order valence-corrected chi connectivity index (χ0v) is 13.5. The first-order valence-corrected chi connectivity index (χ1v) is 7.66. The van der Waals surface area contributed by atoms with Gasteiger partial charge in [0.05, 0.1) is 6.04 Å². The molecule has 0 saturated heterocycles. The second kappa shape index (κ2) is 7.06. The zero-order valence-electron chi connectivity index (χ0n) is 12.7. The highest BCUT2D eigenvalue weighted by Gasteiger charge is 2.17. The quantitative estimate of drug-likeness (QED) is 0.802.